The Hall–Kier alpha value is -2.18. The molecule has 17 heavy (non-hydrogen) atoms. The maximum absolute atomic E-state index is 10.7. The third-order valence-corrected chi connectivity index (χ3v) is 2.47. The van der Waals surface area contributed by atoms with Gasteiger partial charge in [-0.3, -0.25) is 4.79 Å². The third-order valence-electron chi connectivity index (χ3n) is 2.47. The van der Waals surface area contributed by atoms with Gasteiger partial charge in [0.2, 0.25) is 0 Å². The minimum absolute atomic E-state index is 0.241. The lowest BCUT2D eigenvalue weighted by Gasteiger charge is -2.17. The van der Waals surface area contributed by atoms with E-state index in [1.54, 1.807) is 13.8 Å². The molecule has 0 bridgehead atoms. The number of anilines is 1. The van der Waals surface area contributed by atoms with Crippen molar-refractivity contribution in [2.24, 2.45) is 5.92 Å². The first kappa shape index (κ1) is 12.9. The van der Waals surface area contributed by atoms with Crippen LogP contribution in [0.2, 0.25) is 0 Å². The number of carbonyl (C=O) groups is 1. The Morgan fingerprint density at radius 3 is 2.59 bits per heavy atom. The molecule has 0 radical (unpaired) electrons. The summed E-state index contributed by atoms with van der Waals surface area (Å²) in [7, 11) is 0. The van der Waals surface area contributed by atoms with Gasteiger partial charge in [0.15, 0.2) is 6.20 Å². The molecule has 1 heterocycles. The first-order valence-corrected chi connectivity index (χ1v) is 5.01. The van der Waals surface area contributed by atoms with Crippen LogP contribution in [0.15, 0.2) is 18.3 Å². The van der Waals surface area contributed by atoms with Crippen LogP contribution in [0, 0.1) is 16.0 Å². The van der Waals surface area contributed by atoms with Crippen molar-refractivity contribution < 1.29 is 14.8 Å². The summed E-state index contributed by atoms with van der Waals surface area (Å²) in [5.74, 6) is -1.71. The van der Waals surface area contributed by atoms with E-state index in [9.17, 15) is 14.9 Å². The third kappa shape index (κ3) is 3.40. The minimum atomic E-state index is -0.903. The Bertz CT molecular complexity index is 418. The molecule has 2 atom stereocenters. The lowest BCUT2D eigenvalue weighted by Crippen LogP contribution is -2.29. The molecule has 0 fully saturated rings. The Morgan fingerprint density at radius 1 is 1.53 bits per heavy atom. The van der Waals surface area contributed by atoms with Crippen LogP contribution in [0.4, 0.5) is 11.5 Å². The number of hydrogen-bond donors (Lipinski definition) is 2. The summed E-state index contributed by atoms with van der Waals surface area (Å²) in [6, 6.07) is 2.47. The SMILES string of the molecule is CC(Nc1ccc([N+](=O)[O-])nc1)C(C)C(=O)O. The number of aromatic nitrogens is 1. The van der Waals surface area contributed by atoms with Crippen molar-refractivity contribution in [3.05, 3.63) is 28.4 Å². The first-order chi connectivity index (χ1) is 7.91. The fourth-order valence-electron chi connectivity index (χ4n) is 1.18. The predicted molar refractivity (Wildman–Crippen MR) is 60.8 cm³/mol. The monoisotopic (exact) mass is 239 g/mol. The van der Waals surface area contributed by atoms with E-state index in [-0.39, 0.29) is 11.9 Å². The average Bonchev–Trinajstić information content (AvgIpc) is 2.28. The number of nitrogens with zero attached hydrogens (tertiary/aromatic N) is 2. The molecule has 0 amide bonds. The highest BCUT2D eigenvalue weighted by atomic mass is 16.6. The van der Waals surface area contributed by atoms with E-state index in [1.807, 2.05) is 0 Å². The number of nitro groups is 1. The summed E-state index contributed by atoms with van der Waals surface area (Å²) in [6.07, 6.45) is 1.31. The molecule has 0 aliphatic rings. The number of nitrogens with one attached hydrogen (secondary N) is 1. The van der Waals surface area contributed by atoms with Gasteiger partial charge in [-0.15, -0.1) is 0 Å². The van der Waals surface area contributed by atoms with E-state index in [1.165, 1.54) is 18.3 Å². The van der Waals surface area contributed by atoms with E-state index < -0.39 is 16.8 Å². The molecular formula is C10H13N3O4. The van der Waals surface area contributed by atoms with Crippen molar-refractivity contribution in [2.45, 2.75) is 19.9 Å². The maximum Gasteiger partial charge on any atom is 0.363 e. The van der Waals surface area contributed by atoms with E-state index in [0.717, 1.165) is 0 Å². The van der Waals surface area contributed by atoms with Gasteiger partial charge in [-0.05, 0) is 29.8 Å². The second-order valence-electron chi connectivity index (χ2n) is 3.72. The van der Waals surface area contributed by atoms with Gasteiger partial charge in [-0.2, -0.15) is 0 Å². The fourth-order valence-corrected chi connectivity index (χ4v) is 1.18. The number of rotatable bonds is 5. The maximum atomic E-state index is 10.7. The molecule has 0 aliphatic heterocycles. The van der Waals surface area contributed by atoms with Gasteiger partial charge in [-0.1, -0.05) is 0 Å². The first-order valence-electron chi connectivity index (χ1n) is 5.01. The molecule has 1 aromatic rings. The molecule has 0 saturated heterocycles. The minimum Gasteiger partial charge on any atom is -0.481 e. The lowest BCUT2D eigenvalue weighted by molar-refractivity contribution is -0.389. The molecule has 0 spiro atoms. The summed E-state index contributed by atoms with van der Waals surface area (Å²) in [6.45, 7) is 3.30. The number of carboxylic acids is 1. The molecule has 2 unspecified atom stereocenters. The zero-order valence-electron chi connectivity index (χ0n) is 9.45. The largest absolute Gasteiger partial charge is 0.481 e. The number of carboxylic acid groups (broad SMARTS) is 1. The molecule has 7 heteroatoms. The van der Waals surface area contributed by atoms with Gasteiger partial charge < -0.3 is 20.5 Å². The van der Waals surface area contributed by atoms with Crippen LogP contribution >= 0.6 is 0 Å². The summed E-state index contributed by atoms with van der Waals surface area (Å²) in [5.41, 5.74) is 0.552. The van der Waals surface area contributed by atoms with Crippen LogP contribution in [-0.2, 0) is 4.79 Å². The molecule has 2 N–H and O–H groups in total. The second kappa shape index (κ2) is 5.24. The van der Waals surface area contributed by atoms with Gasteiger partial charge in [0.05, 0.1) is 11.6 Å². The van der Waals surface area contributed by atoms with Gasteiger partial charge in [-0.25, -0.2) is 0 Å². The zero-order valence-corrected chi connectivity index (χ0v) is 9.45. The number of pyridine rings is 1. The standard InChI is InChI=1S/C10H13N3O4/c1-6(10(14)15)7(2)12-8-3-4-9(11-5-8)13(16)17/h3-7,12H,1-2H3,(H,14,15). The van der Waals surface area contributed by atoms with Crippen LogP contribution < -0.4 is 5.32 Å². The lowest BCUT2D eigenvalue weighted by atomic mass is 10.0. The van der Waals surface area contributed by atoms with Crippen molar-refractivity contribution in [2.75, 3.05) is 5.32 Å². The topological polar surface area (TPSA) is 105 Å². The number of aliphatic carboxylic acids is 1. The summed E-state index contributed by atoms with van der Waals surface area (Å²) in [4.78, 5) is 24.1. The Balaban J connectivity index is 2.69. The summed E-state index contributed by atoms with van der Waals surface area (Å²) in [5, 5.41) is 22.1. The number of hydrogen-bond acceptors (Lipinski definition) is 5. The highest BCUT2D eigenvalue weighted by Crippen LogP contribution is 2.15. The summed E-state index contributed by atoms with van der Waals surface area (Å²) >= 11 is 0. The smallest absolute Gasteiger partial charge is 0.363 e. The highest BCUT2D eigenvalue weighted by Gasteiger charge is 2.19. The van der Waals surface area contributed by atoms with Crippen molar-refractivity contribution in [3.63, 3.8) is 0 Å². The summed E-state index contributed by atoms with van der Waals surface area (Å²) < 4.78 is 0. The molecule has 0 aromatic carbocycles. The van der Waals surface area contributed by atoms with Gasteiger partial charge >= 0.3 is 11.8 Å². The van der Waals surface area contributed by atoms with Gasteiger partial charge in [0.25, 0.3) is 0 Å². The van der Waals surface area contributed by atoms with E-state index in [4.69, 9.17) is 5.11 Å². The van der Waals surface area contributed by atoms with Crippen LogP contribution in [0.3, 0.4) is 0 Å². The molecule has 1 aromatic heterocycles. The zero-order chi connectivity index (χ0) is 13.0. The Kier molecular flexibility index (Phi) is 3.97. The molecule has 7 nitrogen and oxygen atoms in total. The molecule has 0 saturated carbocycles. The van der Waals surface area contributed by atoms with Crippen molar-refractivity contribution in [1.29, 1.82) is 0 Å². The molecule has 1 rings (SSSR count). The normalized spacial score (nSPS) is 13.8. The van der Waals surface area contributed by atoms with Crippen molar-refractivity contribution >= 4 is 17.5 Å². The van der Waals surface area contributed by atoms with Gasteiger partial charge in [0, 0.05) is 12.1 Å². The quantitative estimate of drug-likeness (QED) is 0.596. The average molecular weight is 239 g/mol. The van der Waals surface area contributed by atoms with Crippen LogP contribution in [0.5, 0.6) is 0 Å². The predicted octanol–water partition coefficient (Wildman–Crippen LogP) is 1.51. The second-order valence-corrected chi connectivity index (χ2v) is 3.72. The fraction of sp³-hybridized carbons (Fsp3) is 0.400. The van der Waals surface area contributed by atoms with Gasteiger partial charge in [0.1, 0.15) is 0 Å². The van der Waals surface area contributed by atoms with E-state index in [2.05, 4.69) is 10.3 Å². The van der Waals surface area contributed by atoms with Crippen molar-refractivity contribution in [1.82, 2.24) is 4.98 Å². The molecular weight excluding hydrogens is 226 g/mol. The van der Waals surface area contributed by atoms with Crippen LogP contribution in [0.1, 0.15) is 13.8 Å². The molecule has 92 valence electrons. The van der Waals surface area contributed by atoms with E-state index in [0.29, 0.717) is 5.69 Å². The molecule has 0 aliphatic carbocycles. The Labute approximate surface area is 97.6 Å². The van der Waals surface area contributed by atoms with E-state index >= 15 is 0 Å². The highest BCUT2D eigenvalue weighted by molar-refractivity contribution is 5.71. The van der Waals surface area contributed by atoms with Crippen molar-refractivity contribution in [3.8, 4) is 0 Å². The van der Waals surface area contributed by atoms with Crippen LogP contribution in [-0.4, -0.2) is 27.0 Å². The Morgan fingerprint density at radius 2 is 2.18 bits per heavy atom. The van der Waals surface area contributed by atoms with Crippen LogP contribution in [0.25, 0.3) is 0 Å².